The van der Waals surface area contributed by atoms with Crippen LogP contribution in [0.1, 0.15) is 323 Å². The maximum Gasteiger partial charge on any atom is 0.472 e. The molecule has 0 radical (unpaired) electrons. The van der Waals surface area contributed by atoms with Crippen LogP contribution in [0.5, 0.6) is 0 Å². The number of carbonyl (C=O) groups is 4. The van der Waals surface area contributed by atoms with E-state index < -0.39 is 97.5 Å². The summed E-state index contributed by atoms with van der Waals surface area (Å²) in [6.45, 7) is 4.58. The molecule has 0 saturated carbocycles. The highest BCUT2D eigenvalue weighted by Crippen LogP contribution is 2.45. The molecule has 0 aromatic carbocycles. The van der Waals surface area contributed by atoms with Gasteiger partial charge in [-0.2, -0.15) is 0 Å². The smallest absolute Gasteiger partial charge is 0.462 e. The summed E-state index contributed by atoms with van der Waals surface area (Å²) in [7, 11) is -9.97. The fourth-order valence-corrected chi connectivity index (χ4v) is 11.9. The van der Waals surface area contributed by atoms with E-state index in [1.807, 2.05) is 12.2 Å². The largest absolute Gasteiger partial charge is 0.472 e. The van der Waals surface area contributed by atoms with Gasteiger partial charge in [-0.3, -0.25) is 37.3 Å². The zero-order valence-electron chi connectivity index (χ0n) is 62.8. The molecule has 19 heteroatoms. The van der Waals surface area contributed by atoms with Gasteiger partial charge in [-0.25, -0.2) is 9.13 Å². The highest BCUT2D eigenvalue weighted by atomic mass is 31.2. The lowest BCUT2D eigenvalue weighted by Crippen LogP contribution is -2.30. The first-order chi connectivity index (χ1) is 48.7. The number of aliphatic hydroxyl groups excluding tert-OH is 1. The number of unbranched alkanes of at least 4 members (excludes halogenated alkanes) is 29. The summed E-state index contributed by atoms with van der Waals surface area (Å²) in [5, 5.41) is 10.6. The highest BCUT2D eigenvalue weighted by Gasteiger charge is 2.30. The number of carbonyl (C=O) groups excluding carboxylic acids is 4. The van der Waals surface area contributed by atoms with Gasteiger partial charge in [0.05, 0.1) is 26.4 Å². The maximum absolute atomic E-state index is 13.1. The van der Waals surface area contributed by atoms with Gasteiger partial charge in [0.2, 0.25) is 0 Å². The Labute approximate surface area is 607 Å². The second kappa shape index (κ2) is 73.0. The van der Waals surface area contributed by atoms with Crippen LogP contribution in [0, 0.1) is 0 Å². The lowest BCUT2D eigenvalue weighted by Gasteiger charge is -2.21. The Bertz CT molecular complexity index is 2320. The molecule has 100 heavy (non-hydrogen) atoms. The molecule has 17 nitrogen and oxygen atoms in total. The lowest BCUT2D eigenvalue weighted by atomic mass is 10.0. The van der Waals surface area contributed by atoms with Crippen molar-refractivity contribution in [3.05, 3.63) is 109 Å². The third-order valence-corrected chi connectivity index (χ3v) is 18.1. The molecular formula is C81H140O17P2. The summed E-state index contributed by atoms with van der Waals surface area (Å²) in [6, 6.07) is 0. The van der Waals surface area contributed by atoms with E-state index >= 15 is 0 Å². The van der Waals surface area contributed by atoms with Crippen LogP contribution in [-0.4, -0.2) is 96.7 Å². The number of phosphoric ester groups is 2. The first-order valence-electron chi connectivity index (χ1n) is 39.1. The average Bonchev–Trinajstić information content (AvgIpc) is 1.06. The van der Waals surface area contributed by atoms with Crippen molar-refractivity contribution in [3.63, 3.8) is 0 Å². The number of esters is 4. The lowest BCUT2D eigenvalue weighted by molar-refractivity contribution is -0.161. The van der Waals surface area contributed by atoms with Crippen LogP contribution in [0.25, 0.3) is 0 Å². The summed E-state index contributed by atoms with van der Waals surface area (Å²) in [5.74, 6) is -2.26. The second-order valence-electron chi connectivity index (χ2n) is 25.9. The van der Waals surface area contributed by atoms with E-state index in [9.17, 15) is 43.2 Å². The topological polar surface area (TPSA) is 237 Å². The molecule has 0 rings (SSSR count). The van der Waals surface area contributed by atoms with Crippen LogP contribution in [0.15, 0.2) is 109 Å². The first kappa shape index (κ1) is 95.7. The van der Waals surface area contributed by atoms with Crippen molar-refractivity contribution in [3.8, 4) is 0 Å². The number of allylic oxidation sites excluding steroid dienone is 18. The minimum absolute atomic E-state index is 0.0619. The summed E-state index contributed by atoms with van der Waals surface area (Å²) < 4.78 is 68.5. The molecule has 0 aromatic heterocycles. The molecule has 576 valence electrons. The maximum atomic E-state index is 13.1. The van der Waals surface area contributed by atoms with Crippen molar-refractivity contribution in [1.29, 1.82) is 0 Å². The van der Waals surface area contributed by atoms with Crippen molar-refractivity contribution in [2.45, 2.75) is 341 Å². The summed E-state index contributed by atoms with van der Waals surface area (Å²) in [4.78, 5) is 72.9. The van der Waals surface area contributed by atoms with E-state index in [4.69, 9.17) is 37.0 Å². The fourth-order valence-electron chi connectivity index (χ4n) is 10.3. The van der Waals surface area contributed by atoms with Crippen LogP contribution in [0.3, 0.4) is 0 Å². The third-order valence-electron chi connectivity index (χ3n) is 16.2. The molecule has 0 spiro atoms. The molecule has 0 aromatic rings. The molecule has 3 N–H and O–H groups in total. The standard InChI is InChI=1S/C81H140O17P2/c1-5-9-13-17-21-25-29-33-36-37-40-43-46-50-54-58-62-66-79(84)92-72-77(98-81(86)68-64-60-56-52-48-44-39-35-31-27-23-19-15-11-7-3)74-96-100(89,90)94-70-75(82)69-93-99(87,88)95-73-76(97-80(85)67-63-59-55-51-47-41-32-28-24-20-16-12-8-4)71-91-78(83)65-61-57-53-49-45-42-38-34-30-26-22-18-14-10-6-2/h9,11,13,15,21,23,25,27,33-36,38-40,43,50,54,75-77,82H,5-8,10,12,14,16-20,22,24,26,28-32,37,41-42,44-49,51-53,55-74H2,1-4H3,(H,87,88)(H,89,90)/b13-9-,15-11-,25-21-,27-23-,36-33-,38-34-,39-35-,43-40-,54-50-. The molecule has 0 aliphatic rings. The molecule has 0 heterocycles. The second-order valence-corrected chi connectivity index (χ2v) is 28.8. The average molecular weight is 1450 g/mol. The van der Waals surface area contributed by atoms with Gasteiger partial charge in [0.25, 0.3) is 0 Å². The van der Waals surface area contributed by atoms with E-state index in [0.717, 1.165) is 148 Å². The Kier molecular flexibility index (Phi) is 69.9. The molecule has 5 atom stereocenters. The number of ether oxygens (including phenoxy) is 4. The number of aliphatic hydroxyl groups is 1. The number of rotatable bonds is 73. The van der Waals surface area contributed by atoms with E-state index in [0.29, 0.717) is 32.1 Å². The molecule has 0 aliphatic carbocycles. The monoisotopic (exact) mass is 1450 g/mol. The van der Waals surface area contributed by atoms with Crippen molar-refractivity contribution < 1.29 is 80.2 Å². The van der Waals surface area contributed by atoms with Crippen LogP contribution >= 0.6 is 15.6 Å². The predicted molar refractivity (Wildman–Crippen MR) is 408 cm³/mol. The third kappa shape index (κ3) is 72.1. The summed E-state index contributed by atoms with van der Waals surface area (Å²) >= 11 is 0. The van der Waals surface area contributed by atoms with Crippen molar-refractivity contribution in [2.75, 3.05) is 39.6 Å². The van der Waals surface area contributed by atoms with Crippen molar-refractivity contribution in [2.24, 2.45) is 0 Å². The summed E-state index contributed by atoms with van der Waals surface area (Å²) in [5.41, 5.74) is 0. The van der Waals surface area contributed by atoms with Crippen LogP contribution in [0.2, 0.25) is 0 Å². The van der Waals surface area contributed by atoms with Gasteiger partial charge in [-0.15, -0.1) is 0 Å². The Hall–Kier alpha value is -4.28. The van der Waals surface area contributed by atoms with E-state index in [1.165, 1.54) is 89.9 Å². The van der Waals surface area contributed by atoms with E-state index in [1.54, 1.807) is 0 Å². The van der Waals surface area contributed by atoms with Gasteiger partial charge < -0.3 is 33.8 Å². The number of phosphoric acid groups is 2. The van der Waals surface area contributed by atoms with Gasteiger partial charge in [0.1, 0.15) is 19.3 Å². The van der Waals surface area contributed by atoms with Crippen LogP contribution in [0.4, 0.5) is 0 Å². The minimum Gasteiger partial charge on any atom is -0.462 e. The van der Waals surface area contributed by atoms with Crippen LogP contribution in [-0.2, 0) is 65.4 Å². The molecule has 0 bridgehead atoms. The molecule has 0 fully saturated rings. The van der Waals surface area contributed by atoms with Crippen molar-refractivity contribution in [1.82, 2.24) is 0 Å². The zero-order valence-corrected chi connectivity index (χ0v) is 64.6. The van der Waals surface area contributed by atoms with Gasteiger partial charge in [0.15, 0.2) is 12.2 Å². The van der Waals surface area contributed by atoms with E-state index in [-0.39, 0.29) is 25.7 Å². The molecular weight excluding hydrogens is 1310 g/mol. The Morgan fingerprint density at radius 2 is 0.530 bits per heavy atom. The molecule has 0 aliphatic heterocycles. The Morgan fingerprint density at radius 1 is 0.290 bits per heavy atom. The zero-order chi connectivity index (χ0) is 73.2. The molecule has 0 amide bonds. The summed E-state index contributed by atoms with van der Waals surface area (Å²) in [6.07, 6.45) is 77.9. The van der Waals surface area contributed by atoms with Gasteiger partial charge in [0, 0.05) is 25.7 Å². The number of hydrogen-bond donors (Lipinski definition) is 3. The molecule has 0 saturated heterocycles. The SMILES string of the molecule is CC/C=C\C/C=C\C/C=C\C/C=C\C/C=C\CCCC(=O)OCC(COP(=O)(O)OCC(O)COP(=O)(O)OCC(COC(=O)CCCCCCC/C=C\CCCCCCCC)OC(=O)CCCCCCCCCCCCCCC)OC(=O)CCCCCCC/C=C\C/C=C\C/C=C\CC. The predicted octanol–water partition coefficient (Wildman–Crippen LogP) is 22.6. The Morgan fingerprint density at radius 3 is 0.850 bits per heavy atom. The molecule has 5 unspecified atom stereocenters. The van der Waals surface area contributed by atoms with E-state index in [2.05, 4.69) is 125 Å². The fraction of sp³-hybridized carbons (Fsp3) is 0.728. The van der Waals surface area contributed by atoms with Crippen molar-refractivity contribution >= 4 is 39.5 Å². The minimum atomic E-state index is -4.99. The highest BCUT2D eigenvalue weighted by molar-refractivity contribution is 7.47. The quantitative estimate of drug-likeness (QED) is 0.0169. The van der Waals surface area contributed by atoms with Gasteiger partial charge in [-0.05, 0) is 122 Å². The normalized spacial score (nSPS) is 14.5. The number of hydrogen-bond acceptors (Lipinski definition) is 15. The Balaban J connectivity index is 5.40. The van der Waals surface area contributed by atoms with Gasteiger partial charge >= 0.3 is 39.5 Å². The van der Waals surface area contributed by atoms with Gasteiger partial charge in [-0.1, -0.05) is 285 Å². The van der Waals surface area contributed by atoms with Crippen LogP contribution < -0.4 is 0 Å². The first-order valence-corrected chi connectivity index (χ1v) is 42.1.